The van der Waals surface area contributed by atoms with E-state index in [-0.39, 0.29) is 28.2 Å². The van der Waals surface area contributed by atoms with Crippen molar-refractivity contribution in [2.45, 2.75) is 13.3 Å². The predicted molar refractivity (Wildman–Crippen MR) is 111 cm³/mol. The number of ether oxygens (including phenoxy) is 3. The van der Waals surface area contributed by atoms with E-state index in [0.29, 0.717) is 23.0 Å². The Hall–Kier alpha value is -2.77. The van der Waals surface area contributed by atoms with Crippen LogP contribution in [0.25, 0.3) is 0 Å². The van der Waals surface area contributed by atoms with E-state index in [1.807, 2.05) is 0 Å². The van der Waals surface area contributed by atoms with E-state index in [1.54, 1.807) is 55.6 Å². The van der Waals surface area contributed by atoms with Gasteiger partial charge in [0.2, 0.25) is 5.88 Å². The highest BCUT2D eigenvalue weighted by molar-refractivity contribution is 6.55. The number of alkyl halides is 2. The Morgan fingerprint density at radius 3 is 1.97 bits per heavy atom. The third kappa shape index (κ3) is 5.64. The summed E-state index contributed by atoms with van der Waals surface area (Å²) in [5.74, 6) is 2.20. The smallest absolute Gasteiger partial charge is 0.270 e. The first kappa shape index (κ1) is 21.9. The van der Waals surface area contributed by atoms with Gasteiger partial charge in [-0.3, -0.25) is 0 Å². The molecule has 0 aliphatic carbocycles. The second kappa shape index (κ2) is 9.82. The normalized spacial score (nSPS) is 10.8. The zero-order valence-electron chi connectivity index (χ0n) is 16.1. The molecule has 3 rings (SSSR count). The van der Waals surface area contributed by atoms with Crippen molar-refractivity contribution in [1.82, 2.24) is 9.78 Å². The maximum absolute atomic E-state index is 13.3. The van der Waals surface area contributed by atoms with Crippen LogP contribution in [0.15, 0.2) is 59.1 Å². The minimum absolute atomic E-state index is 0.0112. The number of nitrogens with zero attached hydrogens (tertiary/aromatic N) is 2. The van der Waals surface area contributed by atoms with Gasteiger partial charge in [0.1, 0.15) is 39.7 Å². The lowest BCUT2D eigenvalue weighted by Crippen LogP contribution is -1.97. The van der Waals surface area contributed by atoms with Crippen molar-refractivity contribution in [2.24, 2.45) is 7.05 Å². The number of halogens is 4. The van der Waals surface area contributed by atoms with Gasteiger partial charge in [0, 0.05) is 7.05 Å². The van der Waals surface area contributed by atoms with Crippen molar-refractivity contribution in [3.63, 3.8) is 0 Å². The molecule has 0 amide bonds. The van der Waals surface area contributed by atoms with Crippen molar-refractivity contribution >= 4 is 23.2 Å². The molecule has 2 aromatic carbocycles. The molecule has 0 aliphatic heterocycles. The van der Waals surface area contributed by atoms with Crippen molar-refractivity contribution in [1.29, 1.82) is 0 Å². The third-order valence-corrected chi connectivity index (χ3v) is 4.33. The molecule has 0 N–H and O–H groups in total. The van der Waals surface area contributed by atoms with Gasteiger partial charge in [-0.25, -0.2) is 13.5 Å². The quantitative estimate of drug-likeness (QED) is 0.369. The van der Waals surface area contributed by atoms with Gasteiger partial charge in [-0.2, -0.15) is 5.10 Å². The minimum atomic E-state index is -2.67. The van der Waals surface area contributed by atoms with Crippen LogP contribution in [0, 0.1) is 6.92 Å². The average Bonchev–Trinajstić information content (AvgIpc) is 2.97. The van der Waals surface area contributed by atoms with E-state index in [2.05, 4.69) is 5.10 Å². The molecule has 0 unspecified atom stereocenters. The van der Waals surface area contributed by atoms with Gasteiger partial charge in [0.05, 0.1) is 5.69 Å². The van der Waals surface area contributed by atoms with Crippen molar-refractivity contribution in [3.05, 3.63) is 70.4 Å². The lowest BCUT2D eigenvalue weighted by Gasteiger charge is -2.10. The topological polar surface area (TPSA) is 45.5 Å². The van der Waals surface area contributed by atoms with E-state index in [1.165, 1.54) is 17.7 Å². The second-order valence-electron chi connectivity index (χ2n) is 6.18. The Morgan fingerprint density at radius 2 is 1.47 bits per heavy atom. The summed E-state index contributed by atoms with van der Waals surface area (Å²) >= 11 is 11.1. The van der Waals surface area contributed by atoms with E-state index >= 15 is 0 Å². The predicted octanol–water partition coefficient (Wildman–Crippen LogP) is 6.95. The zero-order chi connectivity index (χ0) is 21.7. The Labute approximate surface area is 182 Å². The van der Waals surface area contributed by atoms with Crippen molar-refractivity contribution in [2.75, 3.05) is 6.61 Å². The fraction of sp³-hybridized carbons (Fsp3) is 0.190. The Morgan fingerprint density at radius 1 is 0.967 bits per heavy atom. The highest BCUT2D eigenvalue weighted by atomic mass is 35.5. The number of benzene rings is 2. The summed E-state index contributed by atoms with van der Waals surface area (Å²) in [5, 5.41) is 4.00. The monoisotopic (exact) mass is 454 g/mol. The van der Waals surface area contributed by atoms with Gasteiger partial charge < -0.3 is 14.2 Å². The van der Waals surface area contributed by atoms with Crippen molar-refractivity contribution in [3.8, 4) is 28.9 Å². The zero-order valence-corrected chi connectivity index (χ0v) is 17.6. The average molecular weight is 455 g/mol. The molecule has 158 valence electrons. The van der Waals surface area contributed by atoms with Gasteiger partial charge in [-0.05, 0) is 61.5 Å². The molecular weight excluding hydrogens is 437 g/mol. The highest BCUT2D eigenvalue weighted by Crippen LogP contribution is 2.35. The van der Waals surface area contributed by atoms with Crippen LogP contribution in [0.5, 0.6) is 28.9 Å². The first-order valence-electron chi connectivity index (χ1n) is 8.85. The fourth-order valence-corrected chi connectivity index (χ4v) is 2.78. The molecule has 0 spiro atoms. The Bertz CT molecular complexity index is 1020. The van der Waals surface area contributed by atoms with Gasteiger partial charge >= 0.3 is 0 Å². The number of aromatic nitrogens is 2. The molecule has 0 saturated carbocycles. The van der Waals surface area contributed by atoms with Crippen LogP contribution >= 0.6 is 23.2 Å². The van der Waals surface area contributed by atoms with Crippen LogP contribution in [0.4, 0.5) is 8.78 Å². The third-order valence-electron chi connectivity index (χ3n) is 4.02. The molecule has 0 bridgehead atoms. The minimum Gasteiger partial charge on any atom is -0.489 e. The molecule has 5 nitrogen and oxygen atoms in total. The Balaban J connectivity index is 1.63. The summed E-state index contributed by atoms with van der Waals surface area (Å²) in [6, 6.07) is 13.6. The molecule has 0 saturated heterocycles. The molecule has 0 fully saturated rings. The van der Waals surface area contributed by atoms with Crippen molar-refractivity contribution < 1.29 is 23.0 Å². The molecule has 9 heteroatoms. The summed E-state index contributed by atoms with van der Waals surface area (Å²) in [5.41, 5.74) is 0.0144. The number of rotatable bonds is 8. The van der Waals surface area contributed by atoms with Gasteiger partial charge in [-0.15, -0.1) is 0 Å². The molecule has 30 heavy (non-hydrogen) atoms. The molecule has 0 radical (unpaired) electrons. The standard InChI is InChI=1S/C21H18Cl2F2N2O3/c1-13-19(20(24)25)21(27(2)26-13)30-17-9-7-16(8-10-17)29-15-5-3-14(4-6-15)28-12-11-18(22)23/h3-11,20H,12H2,1-2H3. The van der Waals surface area contributed by atoms with Crippen LogP contribution in [0.3, 0.4) is 0 Å². The van der Waals surface area contributed by atoms with E-state index < -0.39 is 6.43 Å². The van der Waals surface area contributed by atoms with E-state index in [0.717, 1.165) is 0 Å². The first-order chi connectivity index (χ1) is 14.3. The maximum atomic E-state index is 13.3. The van der Waals surface area contributed by atoms with Gasteiger partial charge in [-0.1, -0.05) is 23.2 Å². The summed E-state index contributed by atoms with van der Waals surface area (Å²) in [6.07, 6.45) is -1.14. The summed E-state index contributed by atoms with van der Waals surface area (Å²) < 4.78 is 44.8. The fourth-order valence-electron chi connectivity index (χ4n) is 2.65. The van der Waals surface area contributed by atoms with Gasteiger partial charge in [0.15, 0.2) is 0 Å². The van der Waals surface area contributed by atoms with Crippen LogP contribution in [0.1, 0.15) is 17.7 Å². The maximum Gasteiger partial charge on any atom is 0.270 e. The van der Waals surface area contributed by atoms with Crippen LogP contribution in [0.2, 0.25) is 0 Å². The van der Waals surface area contributed by atoms with Crippen LogP contribution < -0.4 is 14.2 Å². The molecular formula is C21H18Cl2F2N2O3. The molecule has 0 aliphatic rings. The van der Waals surface area contributed by atoms with E-state index in [9.17, 15) is 8.78 Å². The molecule has 1 heterocycles. The number of hydrogen-bond acceptors (Lipinski definition) is 4. The van der Waals surface area contributed by atoms with E-state index in [4.69, 9.17) is 37.4 Å². The summed E-state index contributed by atoms with van der Waals surface area (Å²) in [4.78, 5) is 0. The second-order valence-corrected chi connectivity index (χ2v) is 7.19. The molecule has 3 aromatic rings. The SMILES string of the molecule is Cc1nn(C)c(Oc2ccc(Oc3ccc(OCC=C(Cl)Cl)cc3)cc2)c1C(F)F. The highest BCUT2D eigenvalue weighted by Gasteiger charge is 2.23. The lowest BCUT2D eigenvalue weighted by atomic mass is 10.2. The molecule has 1 aromatic heterocycles. The lowest BCUT2D eigenvalue weighted by molar-refractivity contribution is 0.147. The summed E-state index contributed by atoms with van der Waals surface area (Å²) in [7, 11) is 1.56. The Kier molecular flexibility index (Phi) is 7.18. The number of aryl methyl sites for hydroxylation is 2. The summed E-state index contributed by atoms with van der Waals surface area (Å²) in [6.45, 7) is 1.78. The van der Waals surface area contributed by atoms with Gasteiger partial charge in [0.25, 0.3) is 6.43 Å². The largest absolute Gasteiger partial charge is 0.489 e. The van der Waals surface area contributed by atoms with Crippen LogP contribution in [-0.2, 0) is 7.05 Å². The first-order valence-corrected chi connectivity index (χ1v) is 9.60. The van der Waals surface area contributed by atoms with Crippen LogP contribution in [-0.4, -0.2) is 16.4 Å². The number of hydrogen-bond donors (Lipinski definition) is 0. The molecule has 0 atom stereocenters.